The smallest absolute Gasteiger partial charge is 0.254 e. The second-order valence-corrected chi connectivity index (χ2v) is 6.97. The number of rotatable bonds is 5. The van der Waals surface area contributed by atoms with Crippen LogP contribution in [0.1, 0.15) is 47.1 Å². The molecule has 0 radical (unpaired) electrons. The van der Waals surface area contributed by atoms with Crippen LogP contribution in [0.3, 0.4) is 0 Å². The Hall–Kier alpha value is -2.21. The number of hydrogen-bond donors (Lipinski definition) is 1. The number of benzene rings is 1. The second-order valence-electron chi connectivity index (χ2n) is 5.88. The Labute approximate surface area is 145 Å². The van der Waals surface area contributed by atoms with Gasteiger partial charge in [-0.3, -0.25) is 9.59 Å². The summed E-state index contributed by atoms with van der Waals surface area (Å²) in [6.07, 6.45) is 3.14. The van der Waals surface area contributed by atoms with E-state index in [4.69, 9.17) is 0 Å². The summed E-state index contributed by atoms with van der Waals surface area (Å²) >= 11 is 1.48. The highest BCUT2D eigenvalue weighted by Crippen LogP contribution is 2.29. The zero-order valence-corrected chi connectivity index (χ0v) is 14.6. The van der Waals surface area contributed by atoms with Crippen LogP contribution >= 0.6 is 11.3 Å². The van der Waals surface area contributed by atoms with Gasteiger partial charge in [0, 0.05) is 29.8 Å². The summed E-state index contributed by atoms with van der Waals surface area (Å²) in [7, 11) is 0. The van der Waals surface area contributed by atoms with Crippen LogP contribution in [0.5, 0.6) is 0 Å². The van der Waals surface area contributed by atoms with Crippen LogP contribution in [0, 0.1) is 0 Å². The molecule has 1 aromatic carbocycles. The van der Waals surface area contributed by atoms with Crippen molar-refractivity contribution in [3.8, 4) is 0 Å². The Kier molecular flexibility index (Phi) is 5.25. The van der Waals surface area contributed by atoms with Crippen LogP contribution in [0.25, 0.3) is 0 Å². The number of aromatic nitrogens is 1. The normalized spacial score (nSPS) is 13.5. The first kappa shape index (κ1) is 16.6. The zero-order chi connectivity index (χ0) is 16.9. The number of nitrogens with zero attached hydrogens (tertiary/aromatic N) is 2. The standard InChI is InChI=1S/C18H21N3O2S/c1-2-3-9-16(22)20-18-19-14-10-11-21(12-15(14)24-18)17(23)13-7-5-4-6-8-13/h4-8H,2-3,9-12H2,1H3,(H,19,20,22). The minimum absolute atomic E-state index is 0.0140. The molecule has 0 fully saturated rings. The average molecular weight is 343 g/mol. The minimum Gasteiger partial charge on any atom is -0.333 e. The van der Waals surface area contributed by atoms with Crippen LogP contribution in [-0.2, 0) is 17.8 Å². The van der Waals surface area contributed by atoms with Gasteiger partial charge in [-0.2, -0.15) is 0 Å². The molecule has 0 unspecified atom stereocenters. The van der Waals surface area contributed by atoms with Crippen molar-refractivity contribution in [2.45, 2.75) is 39.2 Å². The second kappa shape index (κ2) is 7.57. The topological polar surface area (TPSA) is 62.3 Å². The van der Waals surface area contributed by atoms with Gasteiger partial charge in [0.05, 0.1) is 12.2 Å². The summed E-state index contributed by atoms with van der Waals surface area (Å²) in [5.41, 5.74) is 1.71. The Morgan fingerprint density at radius 2 is 2.08 bits per heavy atom. The lowest BCUT2D eigenvalue weighted by Gasteiger charge is -2.26. The molecule has 2 heterocycles. The summed E-state index contributed by atoms with van der Waals surface area (Å²) < 4.78 is 0. The van der Waals surface area contributed by atoms with Crippen molar-refractivity contribution in [2.24, 2.45) is 0 Å². The van der Waals surface area contributed by atoms with E-state index in [1.54, 1.807) is 0 Å². The molecule has 5 nitrogen and oxygen atoms in total. The van der Waals surface area contributed by atoms with Crippen molar-refractivity contribution < 1.29 is 9.59 Å². The number of anilines is 1. The summed E-state index contributed by atoms with van der Waals surface area (Å²) in [6, 6.07) is 9.33. The van der Waals surface area contributed by atoms with Crippen LogP contribution < -0.4 is 5.32 Å². The molecular weight excluding hydrogens is 322 g/mol. The van der Waals surface area contributed by atoms with Crippen molar-refractivity contribution in [3.63, 3.8) is 0 Å². The number of unbranched alkanes of at least 4 members (excludes halogenated alkanes) is 1. The van der Waals surface area contributed by atoms with E-state index in [1.165, 1.54) is 11.3 Å². The molecule has 1 aromatic heterocycles. The number of carbonyl (C=O) groups excluding carboxylic acids is 2. The van der Waals surface area contributed by atoms with E-state index in [2.05, 4.69) is 17.2 Å². The van der Waals surface area contributed by atoms with Crippen molar-refractivity contribution in [3.05, 3.63) is 46.5 Å². The largest absolute Gasteiger partial charge is 0.333 e. The third-order valence-electron chi connectivity index (χ3n) is 4.04. The number of thiazole rings is 1. The van der Waals surface area contributed by atoms with E-state index in [1.807, 2.05) is 35.2 Å². The van der Waals surface area contributed by atoms with Gasteiger partial charge in [-0.1, -0.05) is 42.9 Å². The lowest BCUT2D eigenvalue weighted by atomic mass is 10.1. The molecule has 0 atom stereocenters. The van der Waals surface area contributed by atoms with Gasteiger partial charge in [0.2, 0.25) is 5.91 Å². The highest BCUT2D eigenvalue weighted by atomic mass is 32.1. The Morgan fingerprint density at radius 1 is 1.29 bits per heavy atom. The van der Waals surface area contributed by atoms with Crippen LogP contribution in [-0.4, -0.2) is 28.2 Å². The fraction of sp³-hybridized carbons (Fsp3) is 0.389. The molecule has 2 amide bonds. The predicted molar refractivity (Wildman–Crippen MR) is 95.2 cm³/mol. The Balaban J connectivity index is 1.66. The summed E-state index contributed by atoms with van der Waals surface area (Å²) in [4.78, 5) is 31.8. The van der Waals surface area contributed by atoms with Gasteiger partial charge >= 0.3 is 0 Å². The van der Waals surface area contributed by atoms with Gasteiger partial charge < -0.3 is 10.2 Å². The molecule has 0 saturated heterocycles. The molecule has 0 spiro atoms. The maximum Gasteiger partial charge on any atom is 0.254 e. The lowest BCUT2D eigenvalue weighted by Crippen LogP contribution is -2.35. The van der Waals surface area contributed by atoms with Gasteiger partial charge in [-0.15, -0.1) is 0 Å². The molecule has 2 aromatic rings. The molecule has 1 aliphatic rings. The molecule has 126 valence electrons. The first-order valence-corrected chi connectivity index (χ1v) is 9.11. The van der Waals surface area contributed by atoms with E-state index < -0.39 is 0 Å². The van der Waals surface area contributed by atoms with E-state index in [9.17, 15) is 9.59 Å². The molecule has 0 saturated carbocycles. The van der Waals surface area contributed by atoms with E-state index in [0.717, 1.165) is 29.8 Å². The molecule has 0 aliphatic carbocycles. The highest BCUT2D eigenvalue weighted by Gasteiger charge is 2.25. The van der Waals surface area contributed by atoms with Gasteiger partial charge in [0.25, 0.3) is 5.91 Å². The predicted octanol–water partition coefficient (Wildman–Crippen LogP) is 3.47. The quantitative estimate of drug-likeness (QED) is 0.904. The number of fused-ring (bicyclic) bond motifs is 1. The molecule has 1 N–H and O–H groups in total. The lowest BCUT2D eigenvalue weighted by molar-refractivity contribution is -0.116. The summed E-state index contributed by atoms with van der Waals surface area (Å²) in [5, 5.41) is 3.52. The van der Waals surface area contributed by atoms with Crippen LogP contribution in [0.4, 0.5) is 5.13 Å². The number of hydrogen-bond acceptors (Lipinski definition) is 4. The molecule has 0 bridgehead atoms. The first-order valence-electron chi connectivity index (χ1n) is 8.30. The number of carbonyl (C=O) groups is 2. The summed E-state index contributed by atoms with van der Waals surface area (Å²) in [6.45, 7) is 3.28. The Bertz CT molecular complexity index is 727. The molecule has 6 heteroatoms. The van der Waals surface area contributed by atoms with Crippen molar-refractivity contribution in [1.29, 1.82) is 0 Å². The third kappa shape index (κ3) is 3.82. The van der Waals surface area contributed by atoms with Gasteiger partial charge in [-0.05, 0) is 18.6 Å². The van der Waals surface area contributed by atoms with Gasteiger partial charge in [0.15, 0.2) is 5.13 Å². The summed E-state index contributed by atoms with van der Waals surface area (Å²) in [5.74, 6) is 0.0587. The zero-order valence-electron chi connectivity index (χ0n) is 13.7. The van der Waals surface area contributed by atoms with E-state index in [0.29, 0.717) is 30.2 Å². The Morgan fingerprint density at radius 3 is 2.83 bits per heavy atom. The van der Waals surface area contributed by atoms with Crippen LogP contribution in [0.2, 0.25) is 0 Å². The van der Waals surface area contributed by atoms with Crippen molar-refractivity contribution >= 4 is 28.3 Å². The molecule has 3 rings (SSSR count). The van der Waals surface area contributed by atoms with Crippen molar-refractivity contribution in [2.75, 3.05) is 11.9 Å². The molecule has 24 heavy (non-hydrogen) atoms. The van der Waals surface area contributed by atoms with Crippen LogP contribution in [0.15, 0.2) is 30.3 Å². The van der Waals surface area contributed by atoms with Gasteiger partial charge in [0.1, 0.15) is 0 Å². The minimum atomic E-state index is 0.0140. The number of amides is 2. The van der Waals surface area contributed by atoms with Crippen molar-refractivity contribution in [1.82, 2.24) is 9.88 Å². The highest BCUT2D eigenvalue weighted by molar-refractivity contribution is 7.15. The fourth-order valence-corrected chi connectivity index (χ4v) is 3.74. The van der Waals surface area contributed by atoms with E-state index in [-0.39, 0.29) is 11.8 Å². The average Bonchev–Trinajstić information content (AvgIpc) is 3.01. The molecular formula is C18H21N3O2S. The maximum atomic E-state index is 12.6. The monoisotopic (exact) mass is 343 g/mol. The number of nitrogens with one attached hydrogen (secondary N) is 1. The molecule has 1 aliphatic heterocycles. The van der Waals surface area contributed by atoms with Gasteiger partial charge in [-0.25, -0.2) is 4.98 Å². The fourth-order valence-electron chi connectivity index (χ4n) is 2.70. The first-order chi connectivity index (χ1) is 11.7. The maximum absolute atomic E-state index is 12.6. The SMILES string of the molecule is CCCCC(=O)Nc1nc2c(s1)CN(C(=O)c1ccccc1)CC2. The third-order valence-corrected chi connectivity index (χ3v) is 5.04. The van der Waals surface area contributed by atoms with E-state index >= 15 is 0 Å².